The number of hydrogen-bond acceptors (Lipinski definition) is 7. The van der Waals surface area contributed by atoms with E-state index in [1.54, 1.807) is 30.5 Å². The van der Waals surface area contributed by atoms with Crippen molar-refractivity contribution >= 4 is 29.6 Å². The molecule has 206 valence electrons. The number of nitrogens with zero attached hydrogens (tertiary/aromatic N) is 3. The van der Waals surface area contributed by atoms with Gasteiger partial charge in [-0.15, -0.1) is 0 Å². The zero-order valence-corrected chi connectivity index (χ0v) is 22.2. The third-order valence-corrected chi connectivity index (χ3v) is 7.99. The lowest BCUT2D eigenvalue weighted by Gasteiger charge is -2.45. The maximum Gasteiger partial charge on any atom is 0.416 e. The highest BCUT2D eigenvalue weighted by atomic mass is 32.2. The molecule has 3 heterocycles. The summed E-state index contributed by atoms with van der Waals surface area (Å²) in [6.07, 6.45) is 1.91. The molecule has 0 spiro atoms. The van der Waals surface area contributed by atoms with Crippen LogP contribution in [0.1, 0.15) is 34.5 Å². The van der Waals surface area contributed by atoms with Gasteiger partial charge in [-0.2, -0.15) is 13.2 Å². The molecule has 2 aliphatic rings. The van der Waals surface area contributed by atoms with Gasteiger partial charge in [0, 0.05) is 43.1 Å². The second kappa shape index (κ2) is 11.0. The standard InChI is InChI=1S/C29H25F4N5OS/c1-18-6-9-35-25(12-18)27(39)28-15-19(16-34)24(37-23-4-2-22(30)3-5-23)13-20(28)8-11-38(17-28)40-26-14-21(7-10-36-26)29(31,32)33/h2-7,9-10,12-14,16,34,37H,8,11,15,17H2,1H3. The molecule has 0 bridgehead atoms. The van der Waals surface area contributed by atoms with Crippen molar-refractivity contribution in [3.63, 3.8) is 0 Å². The number of nitrogens with one attached hydrogen (secondary N) is 2. The number of alkyl halides is 3. The van der Waals surface area contributed by atoms with E-state index >= 15 is 0 Å². The number of ketones is 1. The number of pyridine rings is 2. The van der Waals surface area contributed by atoms with Crippen molar-refractivity contribution in [3.8, 4) is 0 Å². The first-order chi connectivity index (χ1) is 19.1. The Labute approximate surface area is 232 Å². The Morgan fingerprint density at radius 2 is 1.88 bits per heavy atom. The predicted molar refractivity (Wildman–Crippen MR) is 146 cm³/mol. The molecule has 6 nitrogen and oxygen atoms in total. The fourth-order valence-corrected chi connectivity index (χ4v) is 6.04. The zero-order valence-electron chi connectivity index (χ0n) is 21.4. The Morgan fingerprint density at radius 1 is 1.12 bits per heavy atom. The quantitative estimate of drug-likeness (QED) is 0.140. The van der Waals surface area contributed by atoms with Gasteiger partial charge in [-0.05, 0) is 97.5 Å². The number of hydrogen-bond donors (Lipinski definition) is 2. The number of allylic oxidation sites excluding steroid dienone is 2. The Balaban J connectivity index is 1.50. The van der Waals surface area contributed by atoms with E-state index in [0.717, 1.165) is 41.4 Å². The second-order valence-corrected chi connectivity index (χ2v) is 10.9. The van der Waals surface area contributed by atoms with Crippen LogP contribution in [0.25, 0.3) is 0 Å². The molecule has 11 heteroatoms. The van der Waals surface area contributed by atoms with E-state index in [-0.39, 0.29) is 35.3 Å². The van der Waals surface area contributed by atoms with Gasteiger partial charge in [0.2, 0.25) is 0 Å². The maximum atomic E-state index is 14.2. The lowest BCUT2D eigenvalue weighted by Crippen LogP contribution is -2.49. The number of rotatable bonds is 7. The summed E-state index contributed by atoms with van der Waals surface area (Å²) in [5.41, 5.74) is 1.95. The molecule has 1 aliphatic carbocycles. The van der Waals surface area contributed by atoms with E-state index in [0.29, 0.717) is 29.9 Å². The normalized spacial score (nSPS) is 19.6. The van der Waals surface area contributed by atoms with Crippen LogP contribution in [0.5, 0.6) is 0 Å². The number of aryl methyl sites for hydroxylation is 1. The zero-order chi connectivity index (χ0) is 28.5. The fraction of sp³-hybridized carbons (Fsp3) is 0.241. The molecule has 0 radical (unpaired) electrons. The molecule has 3 aromatic rings. The number of halogens is 4. The summed E-state index contributed by atoms with van der Waals surface area (Å²) in [5.74, 6) is -0.589. The number of aromatic nitrogens is 2. The van der Waals surface area contributed by atoms with Gasteiger partial charge in [0.25, 0.3) is 0 Å². The Hall–Kier alpha value is -3.83. The summed E-state index contributed by atoms with van der Waals surface area (Å²) in [7, 11) is 0. The van der Waals surface area contributed by atoms with E-state index < -0.39 is 17.2 Å². The smallest absolute Gasteiger partial charge is 0.355 e. The van der Waals surface area contributed by atoms with Crippen molar-refractivity contribution in [3.05, 3.63) is 106 Å². The summed E-state index contributed by atoms with van der Waals surface area (Å²) in [5, 5.41) is 11.6. The summed E-state index contributed by atoms with van der Waals surface area (Å²) in [4.78, 5) is 22.6. The highest BCUT2D eigenvalue weighted by Crippen LogP contribution is 2.48. The first kappa shape index (κ1) is 27.7. The molecule has 0 saturated carbocycles. The van der Waals surface area contributed by atoms with E-state index in [1.165, 1.54) is 18.3 Å². The molecule has 1 fully saturated rings. The third-order valence-electron chi connectivity index (χ3n) is 7.01. The molecule has 1 saturated heterocycles. The maximum absolute atomic E-state index is 14.2. The van der Waals surface area contributed by atoms with Crippen LogP contribution in [0, 0.1) is 23.6 Å². The Morgan fingerprint density at radius 3 is 2.58 bits per heavy atom. The van der Waals surface area contributed by atoms with Crippen LogP contribution in [0.4, 0.5) is 23.2 Å². The fourth-order valence-electron chi connectivity index (χ4n) is 5.02. The summed E-state index contributed by atoms with van der Waals surface area (Å²) in [6.45, 7) is 2.52. The predicted octanol–water partition coefficient (Wildman–Crippen LogP) is 6.87. The summed E-state index contributed by atoms with van der Waals surface area (Å²) in [6, 6.07) is 11.3. The van der Waals surface area contributed by atoms with Gasteiger partial charge in [0.1, 0.15) is 16.5 Å². The highest BCUT2D eigenvalue weighted by Gasteiger charge is 2.49. The van der Waals surface area contributed by atoms with Crippen LogP contribution < -0.4 is 5.32 Å². The summed E-state index contributed by atoms with van der Waals surface area (Å²) < 4.78 is 55.2. The van der Waals surface area contributed by atoms with Gasteiger partial charge in [-0.1, -0.05) is 5.57 Å². The van der Waals surface area contributed by atoms with Gasteiger partial charge in [0.05, 0.1) is 11.0 Å². The number of fused-ring (bicyclic) bond motifs is 1. The molecule has 40 heavy (non-hydrogen) atoms. The first-order valence-corrected chi connectivity index (χ1v) is 13.3. The number of benzene rings is 1. The van der Waals surface area contributed by atoms with Crippen molar-refractivity contribution < 1.29 is 22.4 Å². The molecule has 1 aliphatic heterocycles. The highest BCUT2D eigenvalue weighted by molar-refractivity contribution is 7.97. The number of carbonyl (C=O) groups excluding carboxylic acids is 1. The van der Waals surface area contributed by atoms with Gasteiger partial charge < -0.3 is 10.7 Å². The molecule has 1 aromatic carbocycles. The van der Waals surface area contributed by atoms with Crippen molar-refractivity contribution in [2.45, 2.75) is 31.0 Å². The number of Topliss-reactive ketones (excluding diaryl/α,β-unsaturated/α-hetero) is 1. The largest absolute Gasteiger partial charge is 0.416 e. The molecule has 2 aromatic heterocycles. The van der Waals surface area contributed by atoms with Gasteiger partial charge in [0.15, 0.2) is 5.78 Å². The van der Waals surface area contributed by atoms with E-state index in [4.69, 9.17) is 5.41 Å². The van der Waals surface area contributed by atoms with Crippen LogP contribution in [0.3, 0.4) is 0 Å². The van der Waals surface area contributed by atoms with Gasteiger partial charge in [-0.25, -0.2) is 13.7 Å². The minimum atomic E-state index is -4.50. The number of piperidine rings is 1. The van der Waals surface area contributed by atoms with Crippen LogP contribution >= 0.6 is 11.9 Å². The topological polar surface area (TPSA) is 82.0 Å². The minimum Gasteiger partial charge on any atom is -0.355 e. The minimum absolute atomic E-state index is 0.177. The molecule has 0 amide bonds. The van der Waals surface area contributed by atoms with E-state index in [1.807, 2.05) is 17.3 Å². The Kier molecular flexibility index (Phi) is 7.61. The van der Waals surface area contributed by atoms with E-state index in [9.17, 15) is 22.4 Å². The molecular weight excluding hydrogens is 542 g/mol. The van der Waals surface area contributed by atoms with Crippen molar-refractivity contribution in [1.29, 1.82) is 5.41 Å². The van der Waals surface area contributed by atoms with Crippen LogP contribution in [0.2, 0.25) is 0 Å². The SMILES string of the molecule is Cc1ccnc(C(=O)C23CC(C=N)=C(Nc4ccc(F)cc4)C=C2CCN(Sc2cc(C(F)(F)F)ccn2)C3)c1. The molecule has 1 unspecified atom stereocenters. The summed E-state index contributed by atoms with van der Waals surface area (Å²) >= 11 is 1.08. The van der Waals surface area contributed by atoms with E-state index in [2.05, 4.69) is 15.3 Å². The van der Waals surface area contributed by atoms with Gasteiger partial charge in [-0.3, -0.25) is 9.78 Å². The third kappa shape index (κ3) is 5.71. The van der Waals surface area contributed by atoms with Crippen LogP contribution in [0.15, 0.2) is 88.9 Å². The second-order valence-electron chi connectivity index (χ2n) is 9.78. The average Bonchev–Trinajstić information content (AvgIpc) is 2.93. The van der Waals surface area contributed by atoms with Crippen molar-refractivity contribution in [2.24, 2.45) is 5.41 Å². The lowest BCUT2D eigenvalue weighted by atomic mass is 9.65. The Bertz CT molecular complexity index is 1520. The lowest BCUT2D eigenvalue weighted by molar-refractivity contribution is -0.137. The van der Waals surface area contributed by atoms with Gasteiger partial charge >= 0.3 is 6.18 Å². The molecule has 2 N–H and O–H groups in total. The molecular formula is C29H25F4N5OS. The monoisotopic (exact) mass is 567 g/mol. The first-order valence-electron chi connectivity index (χ1n) is 12.5. The number of anilines is 1. The van der Waals surface area contributed by atoms with Crippen molar-refractivity contribution in [2.75, 3.05) is 18.4 Å². The average molecular weight is 568 g/mol. The number of carbonyl (C=O) groups is 1. The molecule has 1 atom stereocenters. The van der Waals surface area contributed by atoms with Crippen LogP contribution in [-0.4, -0.2) is 39.4 Å². The van der Waals surface area contributed by atoms with Crippen molar-refractivity contribution in [1.82, 2.24) is 14.3 Å². The molecule has 5 rings (SSSR count). The van der Waals surface area contributed by atoms with Crippen LogP contribution in [-0.2, 0) is 6.18 Å².